The molecule has 0 saturated heterocycles. The fourth-order valence-electron chi connectivity index (χ4n) is 2.24. The smallest absolute Gasteiger partial charge is 0.128 e. The van der Waals surface area contributed by atoms with Gasteiger partial charge in [-0.05, 0) is 41.8 Å². The van der Waals surface area contributed by atoms with Crippen LogP contribution in [0.25, 0.3) is 11.1 Å². The zero-order chi connectivity index (χ0) is 15.4. The average Bonchev–Trinajstić information content (AvgIpc) is 2.45. The molecule has 0 bridgehead atoms. The Bertz CT molecular complexity index is 623. The van der Waals surface area contributed by atoms with Gasteiger partial charge in [0.25, 0.3) is 0 Å². The Balaban J connectivity index is 2.25. The molecule has 2 aromatic carbocycles. The predicted octanol–water partition coefficient (Wildman–Crippen LogP) is 4.31. The third kappa shape index (κ3) is 3.82. The lowest BCUT2D eigenvalue weighted by atomic mass is 10.0. The van der Waals surface area contributed by atoms with Crippen LogP contribution >= 0.6 is 0 Å². The summed E-state index contributed by atoms with van der Waals surface area (Å²) in [5.74, 6) is 0.672. The monoisotopic (exact) mass is 287 g/mol. The van der Waals surface area contributed by atoms with E-state index in [2.05, 4.69) is 5.32 Å². The Kier molecular flexibility index (Phi) is 4.97. The molecular weight excluding hydrogens is 265 g/mol. The maximum atomic E-state index is 14.2. The number of ether oxygens (including phenoxy) is 1. The summed E-state index contributed by atoms with van der Waals surface area (Å²) in [5.41, 5.74) is 3.61. The summed E-state index contributed by atoms with van der Waals surface area (Å²) in [4.78, 5) is 0. The molecule has 21 heavy (non-hydrogen) atoms. The molecule has 0 atom stereocenters. The second-order valence-electron chi connectivity index (χ2n) is 5.53. The van der Waals surface area contributed by atoms with E-state index in [9.17, 15) is 4.39 Å². The first-order valence-electron chi connectivity index (χ1n) is 7.18. The zero-order valence-electron chi connectivity index (χ0n) is 13.0. The molecule has 0 saturated carbocycles. The van der Waals surface area contributed by atoms with Crippen LogP contribution in [0, 0.1) is 12.7 Å². The third-order valence-electron chi connectivity index (χ3n) is 3.48. The summed E-state index contributed by atoms with van der Waals surface area (Å²) in [6.07, 6.45) is 0. The van der Waals surface area contributed by atoms with E-state index < -0.39 is 0 Å². The van der Waals surface area contributed by atoms with E-state index in [1.165, 1.54) is 0 Å². The first-order chi connectivity index (χ1) is 10.0. The molecule has 0 aromatic heterocycles. The van der Waals surface area contributed by atoms with Crippen molar-refractivity contribution in [1.82, 2.24) is 5.32 Å². The van der Waals surface area contributed by atoms with Crippen molar-refractivity contribution in [2.24, 2.45) is 0 Å². The van der Waals surface area contributed by atoms with E-state index in [4.69, 9.17) is 4.74 Å². The fraction of sp³-hybridized carbons (Fsp3) is 0.333. The van der Waals surface area contributed by atoms with Gasteiger partial charge in [-0.2, -0.15) is 0 Å². The van der Waals surface area contributed by atoms with E-state index >= 15 is 0 Å². The number of hydrogen-bond donors (Lipinski definition) is 1. The van der Waals surface area contributed by atoms with E-state index in [0.29, 0.717) is 18.2 Å². The Hall–Kier alpha value is -1.87. The number of nitrogens with one attached hydrogen (secondary N) is 1. The van der Waals surface area contributed by atoms with Crippen molar-refractivity contribution >= 4 is 0 Å². The SMILES string of the molecule is COc1ccc(-c2ccc(CNC(C)C)c(F)c2)cc1C. The van der Waals surface area contributed by atoms with Gasteiger partial charge in [0.1, 0.15) is 11.6 Å². The van der Waals surface area contributed by atoms with Gasteiger partial charge in [0.2, 0.25) is 0 Å². The first kappa shape index (κ1) is 15.5. The second kappa shape index (κ2) is 6.72. The Morgan fingerprint density at radius 2 is 1.76 bits per heavy atom. The van der Waals surface area contributed by atoms with Crippen LogP contribution in [0.3, 0.4) is 0 Å². The molecule has 2 aromatic rings. The summed E-state index contributed by atoms with van der Waals surface area (Å²) >= 11 is 0. The summed E-state index contributed by atoms with van der Waals surface area (Å²) in [6.45, 7) is 6.63. The number of methoxy groups -OCH3 is 1. The van der Waals surface area contributed by atoms with E-state index in [1.807, 2.05) is 51.1 Å². The average molecular weight is 287 g/mol. The number of benzene rings is 2. The minimum absolute atomic E-state index is 0.172. The minimum atomic E-state index is -0.172. The van der Waals surface area contributed by atoms with Crippen LogP contribution in [0.2, 0.25) is 0 Å². The van der Waals surface area contributed by atoms with Gasteiger partial charge in [-0.1, -0.05) is 32.0 Å². The van der Waals surface area contributed by atoms with Crippen molar-refractivity contribution < 1.29 is 9.13 Å². The number of aryl methyl sites for hydroxylation is 1. The molecule has 3 heteroatoms. The number of rotatable bonds is 5. The molecule has 0 radical (unpaired) electrons. The number of hydrogen-bond acceptors (Lipinski definition) is 2. The number of halogens is 1. The molecule has 2 nitrogen and oxygen atoms in total. The predicted molar refractivity (Wildman–Crippen MR) is 85.1 cm³/mol. The highest BCUT2D eigenvalue weighted by Crippen LogP contribution is 2.27. The van der Waals surface area contributed by atoms with Gasteiger partial charge < -0.3 is 10.1 Å². The Labute approximate surface area is 126 Å². The highest BCUT2D eigenvalue weighted by atomic mass is 19.1. The Morgan fingerprint density at radius 3 is 2.33 bits per heavy atom. The molecule has 1 N–H and O–H groups in total. The van der Waals surface area contributed by atoms with Crippen molar-refractivity contribution in [3.05, 3.63) is 53.3 Å². The topological polar surface area (TPSA) is 21.3 Å². The molecular formula is C18H22FNO. The summed E-state index contributed by atoms with van der Waals surface area (Å²) in [5, 5.41) is 3.23. The summed E-state index contributed by atoms with van der Waals surface area (Å²) in [7, 11) is 1.65. The first-order valence-corrected chi connectivity index (χ1v) is 7.18. The lowest BCUT2D eigenvalue weighted by Crippen LogP contribution is -2.22. The molecule has 0 heterocycles. The quantitative estimate of drug-likeness (QED) is 0.885. The molecule has 0 spiro atoms. The second-order valence-corrected chi connectivity index (χ2v) is 5.53. The minimum Gasteiger partial charge on any atom is -0.496 e. The van der Waals surface area contributed by atoms with Crippen LogP contribution < -0.4 is 10.1 Å². The standard InChI is InChI=1S/C18H22FNO/c1-12(2)20-11-16-6-5-15(10-17(16)19)14-7-8-18(21-4)13(3)9-14/h5-10,12,20H,11H2,1-4H3. The van der Waals surface area contributed by atoms with Gasteiger partial charge in [0.05, 0.1) is 7.11 Å². The van der Waals surface area contributed by atoms with Crippen molar-refractivity contribution in [1.29, 1.82) is 0 Å². The van der Waals surface area contributed by atoms with Gasteiger partial charge >= 0.3 is 0 Å². The van der Waals surface area contributed by atoms with Crippen LogP contribution in [0.1, 0.15) is 25.0 Å². The normalized spacial score (nSPS) is 11.0. The van der Waals surface area contributed by atoms with Crippen LogP contribution in [-0.2, 0) is 6.54 Å². The van der Waals surface area contributed by atoms with Crippen molar-refractivity contribution in [2.75, 3.05) is 7.11 Å². The van der Waals surface area contributed by atoms with E-state index in [0.717, 1.165) is 22.4 Å². The van der Waals surface area contributed by atoms with Crippen LogP contribution in [0.4, 0.5) is 4.39 Å². The van der Waals surface area contributed by atoms with E-state index in [1.54, 1.807) is 13.2 Å². The fourth-order valence-corrected chi connectivity index (χ4v) is 2.24. The molecule has 2 rings (SSSR count). The molecule has 0 amide bonds. The van der Waals surface area contributed by atoms with Crippen LogP contribution in [0.15, 0.2) is 36.4 Å². The van der Waals surface area contributed by atoms with Crippen molar-refractivity contribution in [2.45, 2.75) is 33.4 Å². The van der Waals surface area contributed by atoms with Gasteiger partial charge in [-0.25, -0.2) is 4.39 Å². The van der Waals surface area contributed by atoms with Crippen molar-refractivity contribution in [3.8, 4) is 16.9 Å². The molecule has 0 aliphatic carbocycles. The van der Waals surface area contributed by atoms with Crippen LogP contribution in [-0.4, -0.2) is 13.2 Å². The van der Waals surface area contributed by atoms with E-state index in [-0.39, 0.29) is 5.82 Å². The highest BCUT2D eigenvalue weighted by molar-refractivity contribution is 5.66. The van der Waals surface area contributed by atoms with Gasteiger partial charge in [-0.3, -0.25) is 0 Å². The molecule has 0 unspecified atom stereocenters. The maximum absolute atomic E-state index is 14.2. The molecule has 0 aliphatic rings. The molecule has 0 fully saturated rings. The lowest BCUT2D eigenvalue weighted by molar-refractivity contribution is 0.412. The third-order valence-corrected chi connectivity index (χ3v) is 3.48. The molecule has 112 valence electrons. The lowest BCUT2D eigenvalue weighted by Gasteiger charge is -2.11. The van der Waals surface area contributed by atoms with Crippen LogP contribution in [0.5, 0.6) is 5.75 Å². The summed E-state index contributed by atoms with van der Waals surface area (Å²) < 4.78 is 19.4. The highest BCUT2D eigenvalue weighted by Gasteiger charge is 2.07. The summed E-state index contributed by atoms with van der Waals surface area (Å²) in [6, 6.07) is 11.6. The van der Waals surface area contributed by atoms with Gasteiger partial charge in [0, 0.05) is 18.2 Å². The van der Waals surface area contributed by atoms with Gasteiger partial charge in [-0.15, -0.1) is 0 Å². The van der Waals surface area contributed by atoms with Gasteiger partial charge in [0.15, 0.2) is 0 Å². The maximum Gasteiger partial charge on any atom is 0.128 e. The zero-order valence-corrected chi connectivity index (χ0v) is 13.0. The molecule has 0 aliphatic heterocycles. The largest absolute Gasteiger partial charge is 0.496 e. The van der Waals surface area contributed by atoms with Crippen molar-refractivity contribution in [3.63, 3.8) is 0 Å². The Morgan fingerprint density at radius 1 is 1.10 bits per heavy atom.